The fraction of sp³-hybridized carbons (Fsp3) is 0.273. The number of carbonyl (C=O) groups excluding carboxylic acids is 2. The lowest BCUT2D eigenvalue weighted by atomic mass is 10.2. The number of nitrogens with zero attached hydrogens (tertiary/aromatic N) is 5. The Morgan fingerprint density at radius 1 is 1.21 bits per heavy atom. The number of benzene rings is 1. The molecule has 33 heavy (non-hydrogen) atoms. The van der Waals surface area contributed by atoms with Gasteiger partial charge in [0.25, 0.3) is 11.1 Å². The molecule has 0 saturated carbocycles. The van der Waals surface area contributed by atoms with Crippen molar-refractivity contribution in [1.82, 2.24) is 15.2 Å². The van der Waals surface area contributed by atoms with Gasteiger partial charge in [0, 0.05) is 11.6 Å². The van der Waals surface area contributed by atoms with Crippen LogP contribution in [0.5, 0.6) is 5.19 Å². The van der Waals surface area contributed by atoms with Crippen LogP contribution in [-0.4, -0.2) is 40.0 Å². The first-order valence-electron chi connectivity index (χ1n) is 10.1. The smallest absolute Gasteiger partial charge is 0.296 e. The maximum absolute atomic E-state index is 13.0. The SMILES string of the molecule is CCCN(CC(C)=O)c1nc(C#N)ccc1C(=O)Nc1nnc(OCc2ccc(Cl)cc2)s1. The predicted molar refractivity (Wildman–Crippen MR) is 126 cm³/mol. The van der Waals surface area contributed by atoms with E-state index in [0.717, 1.165) is 23.3 Å². The number of halogens is 1. The Bertz CT molecular complexity index is 1180. The van der Waals surface area contributed by atoms with Crippen molar-refractivity contribution in [1.29, 1.82) is 5.26 Å². The van der Waals surface area contributed by atoms with Crippen LogP contribution in [0.2, 0.25) is 5.02 Å². The van der Waals surface area contributed by atoms with Gasteiger partial charge in [-0.2, -0.15) is 5.26 Å². The van der Waals surface area contributed by atoms with E-state index in [2.05, 4.69) is 20.5 Å². The third kappa shape index (κ3) is 6.71. The van der Waals surface area contributed by atoms with E-state index in [-0.39, 0.29) is 41.1 Å². The second-order valence-electron chi connectivity index (χ2n) is 7.05. The third-order valence-electron chi connectivity index (χ3n) is 4.34. The lowest BCUT2D eigenvalue weighted by Gasteiger charge is -2.24. The molecular weight excluding hydrogens is 464 g/mol. The van der Waals surface area contributed by atoms with Crippen molar-refractivity contribution in [3.8, 4) is 11.3 Å². The number of ether oxygens (including phenoxy) is 1. The number of pyridine rings is 1. The quantitative estimate of drug-likeness (QED) is 0.456. The van der Waals surface area contributed by atoms with Gasteiger partial charge in [0.1, 0.15) is 30.0 Å². The van der Waals surface area contributed by atoms with Crippen LogP contribution in [0.25, 0.3) is 0 Å². The molecule has 0 saturated heterocycles. The van der Waals surface area contributed by atoms with E-state index >= 15 is 0 Å². The molecule has 0 unspecified atom stereocenters. The Morgan fingerprint density at radius 3 is 2.64 bits per heavy atom. The zero-order chi connectivity index (χ0) is 23.8. The largest absolute Gasteiger partial charge is 0.464 e. The molecule has 2 aromatic heterocycles. The molecule has 3 aromatic rings. The van der Waals surface area contributed by atoms with Gasteiger partial charge < -0.3 is 9.64 Å². The first-order valence-corrected chi connectivity index (χ1v) is 11.3. The molecule has 0 atom stereocenters. The Labute approximate surface area is 200 Å². The second kappa shape index (κ2) is 11.4. The Hall–Kier alpha value is -3.55. The summed E-state index contributed by atoms with van der Waals surface area (Å²) < 4.78 is 5.62. The molecule has 3 rings (SSSR count). The number of amides is 1. The lowest BCUT2D eigenvalue weighted by Crippen LogP contribution is -2.32. The minimum Gasteiger partial charge on any atom is -0.464 e. The van der Waals surface area contributed by atoms with Gasteiger partial charge in [0.05, 0.1) is 12.1 Å². The molecule has 0 aliphatic rings. The minimum atomic E-state index is -0.480. The van der Waals surface area contributed by atoms with E-state index in [4.69, 9.17) is 16.3 Å². The fourth-order valence-electron chi connectivity index (χ4n) is 2.94. The molecule has 1 N–H and O–H groups in total. The van der Waals surface area contributed by atoms with Crippen LogP contribution in [0.4, 0.5) is 10.9 Å². The molecule has 170 valence electrons. The number of Topliss-reactive ketones (excluding diaryl/α,β-unsaturated/α-hetero) is 1. The molecule has 0 aliphatic carbocycles. The summed E-state index contributed by atoms with van der Waals surface area (Å²) in [6, 6.07) is 12.2. The number of hydrogen-bond acceptors (Lipinski definition) is 9. The van der Waals surface area contributed by atoms with E-state index < -0.39 is 5.91 Å². The van der Waals surface area contributed by atoms with Gasteiger partial charge in [-0.05, 0) is 54.5 Å². The van der Waals surface area contributed by atoms with Crippen LogP contribution < -0.4 is 15.0 Å². The summed E-state index contributed by atoms with van der Waals surface area (Å²) in [5, 5.41) is 21.0. The lowest BCUT2D eigenvalue weighted by molar-refractivity contribution is -0.115. The maximum Gasteiger partial charge on any atom is 0.296 e. The topological polar surface area (TPSA) is 121 Å². The number of aromatic nitrogens is 3. The zero-order valence-electron chi connectivity index (χ0n) is 18.0. The highest BCUT2D eigenvalue weighted by molar-refractivity contribution is 7.17. The summed E-state index contributed by atoms with van der Waals surface area (Å²) in [5.41, 5.74) is 1.29. The molecule has 0 radical (unpaired) electrons. The normalized spacial score (nSPS) is 10.4. The maximum atomic E-state index is 13.0. The van der Waals surface area contributed by atoms with Gasteiger partial charge >= 0.3 is 0 Å². The monoisotopic (exact) mass is 484 g/mol. The third-order valence-corrected chi connectivity index (χ3v) is 5.35. The van der Waals surface area contributed by atoms with E-state index in [9.17, 15) is 14.9 Å². The summed E-state index contributed by atoms with van der Waals surface area (Å²) in [5.74, 6) is -0.287. The molecule has 1 aromatic carbocycles. The first-order chi connectivity index (χ1) is 15.9. The molecular formula is C22H21ClN6O3S. The van der Waals surface area contributed by atoms with E-state index in [1.165, 1.54) is 19.1 Å². The summed E-state index contributed by atoms with van der Waals surface area (Å²) in [6.07, 6.45) is 0.734. The van der Waals surface area contributed by atoms with Crippen LogP contribution in [0, 0.1) is 11.3 Å². The summed E-state index contributed by atoms with van der Waals surface area (Å²) in [7, 11) is 0. The number of hydrogen-bond donors (Lipinski definition) is 1. The van der Waals surface area contributed by atoms with Crippen molar-refractivity contribution in [2.45, 2.75) is 26.9 Å². The van der Waals surface area contributed by atoms with Crippen molar-refractivity contribution in [2.24, 2.45) is 0 Å². The Balaban J connectivity index is 1.75. The van der Waals surface area contributed by atoms with Crippen LogP contribution in [0.1, 0.15) is 41.9 Å². The van der Waals surface area contributed by atoms with Gasteiger partial charge in [-0.25, -0.2) is 4.98 Å². The number of anilines is 2. The van der Waals surface area contributed by atoms with Crippen molar-refractivity contribution in [2.75, 3.05) is 23.3 Å². The summed E-state index contributed by atoms with van der Waals surface area (Å²) >= 11 is 6.96. The molecule has 9 nitrogen and oxygen atoms in total. The van der Waals surface area contributed by atoms with Crippen molar-refractivity contribution in [3.05, 3.63) is 58.2 Å². The highest BCUT2D eigenvalue weighted by Gasteiger charge is 2.21. The van der Waals surface area contributed by atoms with Gasteiger partial charge in [-0.3, -0.25) is 14.9 Å². The number of nitrogens with one attached hydrogen (secondary N) is 1. The average Bonchev–Trinajstić information content (AvgIpc) is 3.25. The van der Waals surface area contributed by atoms with Gasteiger partial charge in [0.15, 0.2) is 0 Å². The highest BCUT2D eigenvalue weighted by atomic mass is 35.5. The number of nitriles is 1. The number of rotatable bonds is 10. The summed E-state index contributed by atoms with van der Waals surface area (Å²) in [4.78, 5) is 30.7. The minimum absolute atomic E-state index is 0.0782. The van der Waals surface area contributed by atoms with Gasteiger partial charge in [0.2, 0.25) is 5.13 Å². The number of ketones is 1. The Morgan fingerprint density at radius 2 is 1.97 bits per heavy atom. The fourth-order valence-corrected chi connectivity index (χ4v) is 3.65. The molecule has 0 fully saturated rings. The molecule has 0 spiro atoms. The standard InChI is InChI=1S/C22H21ClN6O3S/c1-3-10-29(12-14(2)30)19-18(9-8-17(11-24)25-19)20(31)26-21-27-28-22(33-21)32-13-15-4-6-16(23)7-5-15/h4-9H,3,10,12-13H2,1-2H3,(H,26,27,31). The van der Waals surface area contributed by atoms with Crippen molar-refractivity contribution >= 4 is 45.6 Å². The zero-order valence-corrected chi connectivity index (χ0v) is 19.6. The van der Waals surface area contributed by atoms with E-state index in [0.29, 0.717) is 16.8 Å². The van der Waals surface area contributed by atoms with Gasteiger partial charge in [-0.15, -0.1) is 5.10 Å². The van der Waals surface area contributed by atoms with Crippen LogP contribution >= 0.6 is 22.9 Å². The predicted octanol–water partition coefficient (Wildman–Crippen LogP) is 4.09. The second-order valence-corrected chi connectivity index (χ2v) is 8.42. The molecule has 11 heteroatoms. The van der Waals surface area contributed by atoms with Crippen molar-refractivity contribution in [3.63, 3.8) is 0 Å². The first kappa shape index (κ1) is 24.1. The average molecular weight is 485 g/mol. The number of carbonyl (C=O) groups is 2. The van der Waals surface area contributed by atoms with Crippen molar-refractivity contribution < 1.29 is 14.3 Å². The molecule has 1 amide bonds. The Kier molecular flexibility index (Phi) is 8.29. The van der Waals surface area contributed by atoms with Crippen LogP contribution in [0.15, 0.2) is 36.4 Å². The van der Waals surface area contributed by atoms with E-state index in [1.807, 2.05) is 25.1 Å². The molecule has 2 heterocycles. The van der Waals surface area contributed by atoms with Gasteiger partial charge in [-0.1, -0.05) is 35.8 Å². The highest BCUT2D eigenvalue weighted by Crippen LogP contribution is 2.26. The molecule has 0 bridgehead atoms. The summed E-state index contributed by atoms with van der Waals surface area (Å²) in [6.45, 7) is 4.28. The molecule has 0 aliphatic heterocycles. The van der Waals surface area contributed by atoms with Crippen LogP contribution in [-0.2, 0) is 11.4 Å². The van der Waals surface area contributed by atoms with E-state index in [1.54, 1.807) is 17.0 Å². The van der Waals surface area contributed by atoms with Crippen LogP contribution in [0.3, 0.4) is 0 Å².